The quantitative estimate of drug-likeness (QED) is 0.733. The molecule has 1 unspecified atom stereocenters. The number of nitrogen functional groups attached to an aromatic ring is 1. The number of aliphatic hydroxyl groups excluding tert-OH is 1. The Kier molecular flexibility index (Phi) is 2.85. The van der Waals surface area contributed by atoms with Crippen molar-refractivity contribution in [1.29, 1.82) is 0 Å². The molecular formula is C15H13N3O. The first-order valence-corrected chi connectivity index (χ1v) is 5.99. The van der Waals surface area contributed by atoms with Gasteiger partial charge in [-0.3, -0.25) is 4.98 Å². The van der Waals surface area contributed by atoms with E-state index >= 15 is 0 Å². The summed E-state index contributed by atoms with van der Waals surface area (Å²) in [4.78, 5) is 8.25. The second-order valence-corrected chi connectivity index (χ2v) is 4.34. The van der Waals surface area contributed by atoms with E-state index in [0.717, 1.165) is 16.5 Å². The van der Waals surface area contributed by atoms with E-state index in [-0.39, 0.29) is 0 Å². The molecule has 0 spiro atoms. The van der Waals surface area contributed by atoms with Gasteiger partial charge in [0.05, 0.1) is 5.52 Å². The first-order valence-electron chi connectivity index (χ1n) is 5.99. The fourth-order valence-corrected chi connectivity index (χ4v) is 2.10. The van der Waals surface area contributed by atoms with Crippen molar-refractivity contribution >= 4 is 16.7 Å². The van der Waals surface area contributed by atoms with Crippen molar-refractivity contribution in [2.75, 3.05) is 5.73 Å². The second-order valence-electron chi connectivity index (χ2n) is 4.34. The maximum absolute atomic E-state index is 10.4. The summed E-state index contributed by atoms with van der Waals surface area (Å²) in [6.45, 7) is 0. The van der Waals surface area contributed by atoms with Gasteiger partial charge in [-0.2, -0.15) is 0 Å². The maximum Gasteiger partial charge on any atom is 0.129 e. The predicted molar refractivity (Wildman–Crippen MR) is 74.5 cm³/mol. The Labute approximate surface area is 110 Å². The number of pyridine rings is 2. The molecule has 2 heterocycles. The molecule has 0 bridgehead atoms. The molecule has 0 amide bonds. The van der Waals surface area contributed by atoms with Crippen molar-refractivity contribution in [1.82, 2.24) is 9.97 Å². The smallest absolute Gasteiger partial charge is 0.129 e. The van der Waals surface area contributed by atoms with E-state index < -0.39 is 6.10 Å². The average molecular weight is 251 g/mol. The molecule has 0 saturated heterocycles. The van der Waals surface area contributed by atoms with Crippen LogP contribution in [0.1, 0.15) is 17.2 Å². The van der Waals surface area contributed by atoms with Crippen LogP contribution in [-0.4, -0.2) is 15.1 Å². The third-order valence-corrected chi connectivity index (χ3v) is 3.11. The average Bonchev–Trinajstić information content (AvgIpc) is 2.46. The Hall–Kier alpha value is -2.46. The molecule has 3 rings (SSSR count). The summed E-state index contributed by atoms with van der Waals surface area (Å²) in [6.07, 6.45) is 2.58. The van der Waals surface area contributed by atoms with Crippen LogP contribution in [0.25, 0.3) is 10.9 Å². The van der Waals surface area contributed by atoms with Crippen LogP contribution in [0.2, 0.25) is 0 Å². The Balaban J connectivity index is 2.07. The zero-order valence-electron chi connectivity index (χ0n) is 10.2. The molecule has 3 aromatic rings. The zero-order valence-corrected chi connectivity index (χ0v) is 10.2. The Morgan fingerprint density at radius 2 is 1.79 bits per heavy atom. The molecule has 0 aliphatic carbocycles. The number of hydrogen-bond acceptors (Lipinski definition) is 4. The molecule has 1 aromatic carbocycles. The summed E-state index contributed by atoms with van der Waals surface area (Å²) in [7, 11) is 0. The van der Waals surface area contributed by atoms with Crippen LogP contribution in [0, 0.1) is 0 Å². The fraction of sp³-hybridized carbons (Fsp3) is 0.0667. The van der Waals surface area contributed by atoms with Crippen molar-refractivity contribution in [2.45, 2.75) is 6.10 Å². The summed E-state index contributed by atoms with van der Waals surface area (Å²) in [5.41, 5.74) is 8.08. The Morgan fingerprint density at radius 3 is 2.63 bits per heavy atom. The molecule has 94 valence electrons. The minimum absolute atomic E-state index is 0.348. The molecule has 3 N–H and O–H groups in total. The van der Waals surface area contributed by atoms with Gasteiger partial charge in [-0.15, -0.1) is 0 Å². The molecule has 4 heteroatoms. The van der Waals surface area contributed by atoms with Crippen molar-refractivity contribution in [2.24, 2.45) is 0 Å². The predicted octanol–water partition coefficient (Wildman–Crippen LogP) is 2.29. The van der Waals surface area contributed by atoms with Crippen molar-refractivity contribution in [3.8, 4) is 0 Å². The van der Waals surface area contributed by atoms with Crippen LogP contribution < -0.4 is 5.73 Å². The monoisotopic (exact) mass is 251 g/mol. The minimum Gasteiger partial charge on any atom is -0.384 e. The molecule has 1 atom stereocenters. The summed E-state index contributed by atoms with van der Waals surface area (Å²) in [5.74, 6) is 0.348. The van der Waals surface area contributed by atoms with Crippen LogP contribution in [0.5, 0.6) is 0 Å². The minimum atomic E-state index is -0.779. The Morgan fingerprint density at radius 1 is 1.00 bits per heavy atom. The summed E-state index contributed by atoms with van der Waals surface area (Å²) in [5, 5.41) is 11.4. The zero-order chi connectivity index (χ0) is 13.2. The van der Waals surface area contributed by atoms with Crippen LogP contribution in [-0.2, 0) is 0 Å². The van der Waals surface area contributed by atoms with Gasteiger partial charge in [0.2, 0.25) is 0 Å². The molecule has 0 aliphatic heterocycles. The summed E-state index contributed by atoms with van der Waals surface area (Å²) >= 11 is 0. The highest BCUT2D eigenvalue weighted by atomic mass is 16.3. The normalized spacial score (nSPS) is 12.5. The van der Waals surface area contributed by atoms with Crippen LogP contribution in [0.3, 0.4) is 0 Å². The molecule has 19 heavy (non-hydrogen) atoms. The Bertz CT molecular complexity index is 727. The van der Waals surface area contributed by atoms with Crippen molar-refractivity contribution < 1.29 is 5.11 Å². The highest BCUT2D eigenvalue weighted by Gasteiger charge is 2.14. The lowest BCUT2D eigenvalue weighted by atomic mass is 10.0. The largest absolute Gasteiger partial charge is 0.384 e. The number of anilines is 1. The number of nitrogens with zero attached hydrogens (tertiary/aromatic N) is 2. The summed E-state index contributed by atoms with van der Waals surface area (Å²) < 4.78 is 0. The van der Waals surface area contributed by atoms with Gasteiger partial charge in [0, 0.05) is 23.3 Å². The van der Waals surface area contributed by atoms with Gasteiger partial charge in [0.1, 0.15) is 11.9 Å². The number of hydrogen-bond donors (Lipinski definition) is 2. The van der Waals surface area contributed by atoms with E-state index in [1.165, 1.54) is 0 Å². The van der Waals surface area contributed by atoms with Crippen LogP contribution in [0.4, 0.5) is 5.82 Å². The molecule has 0 aliphatic rings. The molecule has 0 saturated carbocycles. The SMILES string of the molecule is Nc1ncccc1C(O)c1ccc2ncccc2c1. The van der Waals surface area contributed by atoms with Crippen LogP contribution in [0.15, 0.2) is 54.9 Å². The van der Waals surface area contributed by atoms with Gasteiger partial charge in [-0.1, -0.05) is 18.2 Å². The first-order chi connectivity index (χ1) is 9.25. The third-order valence-electron chi connectivity index (χ3n) is 3.11. The van der Waals surface area contributed by atoms with Gasteiger partial charge in [-0.25, -0.2) is 4.98 Å². The highest BCUT2D eigenvalue weighted by molar-refractivity contribution is 5.79. The number of nitrogens with two attached hydrogens (primary N) is 1. The maximum atomic E-state index is 10.4. The van der Waals surface area contributed by atoms with Gasteiger partial charge < -0.3 is 10.8 Å². The lowest BCUT2D eigenvalue weighted by molar-refractivity contribution is 0.221. The lowest BCUT2D eigenvalue weighted by Gasteiger charge is -2.13. The van der Waals surface area contributed by atoms with Crippen LogP contribution >= 0.6 is 0 Å². The van der Waals surface area contributed by atoms with Gasteiger partial charge >= 0.3 is 0 Å². The number of rotatable bonds is 2. The third kappa shape index (κ3) is 2.13. The topological polar surface area (TPSA) is 72.0 Å². The first kappa shape index (κ1) is 11.6. The van der Waals surface area contributed by atoms with Crippen molar-refractivity contribution in [3.63, 3.8) is 0 Å². The fourth-order valence-electron chi connectivity index (χ4n) is 2.10. The van der Waals surface area contributed by atoms with E-state index in [0.29, 0.717) is 11.4 Å². The number of benzene rings is 1. The van der Waals surface area contributed by atoms with E-state index in [2.05, 4.69) is 9.97 Å². The standard InChI is InChI=1S/C15H13N3O/c16-15-12(4-2-8-18-15)14(19)11-5-6-13-10(9-11)3-1-7-17-13/h1-9,14,19H,(H2,16,18). The van der Waals surface area contributed by atoms with Crippen molar-refractivity contribution in [3.05, 3.63) is 66.0 Å². The van der Waals surface area contributed by atoms with Gasteiger partial charge in [-0.05, 0) is 29.8 Å². The highest BCUT2D eigenvalue weighted by Crippen LogP contribution is 2.27. The lowest BCUT2D eigenvalue weighted by Crippen LogP contribution is -2.05. The number of fused-ring (bicyclic) bond motifs is 1. The molecule has 0 fully saturated rings. The molecule has 4 nitrogen and oxygen atoms in total. The van der Waals surface area contributed by atoms with E-state index in [9.17, 15) is 5.11 Å². The molecule has 2 aromatic heterocycles. The number of aromatic nitrogens is 2. The molecule has 0 radical (unpaired) electrons. The van der Waals surface area contributed by atoms with E-state index in [4.69, 9.17) is 5.73 Å². The van der Waals surface area contributed by atoms with E-state index in [1.54, 1.807) is 24.5 Å². The van der Waals surface area contributed by atoms with E-state index in [1.807, 2.05) is 30.3 Å². The second kappa shape index (κ2) is 4.66. The summed E-state index contributed by atoms with van der Waals surface area (Å²) in [6, 6.07) is 13.0. The van der Waals surface area contributed by atoms with Gasteiger partial charge in [0.15, 0.2) is 0 Å². The van der Waals surface area contributed by atoms with Gasteiger partial charge in [0.25, 0.3) is 0 Å². The molecular weight excluding hydrogens is 238 g/mol. The number of aliphatic hydroxyl groups is 1.